The molecule has 136 valence electrons. The Bertz CT molecular complexity index is 779. The quantitative estimate of drug-likeness (QED) is 0.851. The van der Waals surface area contributed by atoms with Crippen molar-refractivity contribution in [3.63, 3.8) is 0 Å². The van der Waals surface area contributed by atoms with Crippen molar-refractivity contribution in [2.75, 3.05) is 19.6 Å². The first-order chi connectivity index (χ1) is 12.6. The van der Waals surface area contributed by atoms with Crippen molar-refractivity contribution in [1.82, 2.24) is 19.8 Å². The van der Waals surface area contributed by atoms with Crippen molar-refractivity contribution < 1.29 is 4.79 Å². The van der Waals surface area contributed by atoms with Crippen molar-refractivity contribution in [2.45, 2.75) is 39.3 Å². The Morgan fingerprint density at radius 1 is 1.12 bits per heavy atom. The number of rotatable bonds is 4. The van der Waals surface area contributed by atoms with Gasteiger partial charge < -0.3 is 4.90 Å². The van der Waals surface area contributed by atoms with Crippen LogP contribution >= 0.6 is 0 Å². The minimum atomic E-state index is -0.204. The van der Waals surface area contributed by atoms with Gasteiger partial charge in [-0.3, -0.25) is 19.7 Å². The number of aromatic nitrogens is 2. The van der Waals surface area contributed by atoms with E-state index in [-0.39, 0.29) is 5.41 Å². The summed E-state index contributed by atoms with van der Waals surface area (Å²) in [4.78, 5) is 26.4. The number of likely N-dealkylation sites (tertiary alicyclic amines) is 2. The van der Waals surface area contributed by atoms with Crippen LogP contribution in [0.4, 0.5) is 0 Å². The second kappa shape index (κ2) is 7.16. The van der Waals surface area contributed by atoms with Gasteiger partial charge in [0.15, 0.2) is 0 Å². The molecule has 5 nitrogen and oxygen atoms in total. The molecular formula is C21H26N4O. The largest absolute Gasteiger partial charge is 0.336 e. The van der Waals surface area contributed by atoms with Crippen molar-refractivity contribution in [3.05, 3.63) is 59.7 Å². The molecule has 5 heteroatoms. The lowest BCUT2D eigenvalue weighted by molar-refractivity contribution is -0.139. The third-order valence-corrected chi connectivity index (χ3v) is 5.68. The molecule has 0 N–H and O–H groups in total. The lowest BCUT2D eigenvalue weighted by Gasteiger charge is -2.39. The molecule has 1 atom stereocenters. The Balaban J connectivity index is 1.44. The topological polar surface area (TPSA) is 49.3 Å². The van der Waals surface area contributed by atoms with E-state index in [4.69, 9.17) is 0 Å². The van der Waals surface area contributed by atoms with Gasteiger partial charge in [-0.25, -0.2) is 0 Å². The number of piperidine rings is 1. The second-order valence-corrected chi connectivity index (χ2v) is 7.70. The van der Waals surface area contributed by atoms with Gasteiger partial charge in [-0.15, -0.1) is 0 Å². The normalized spacial score (nSPS) is 23.7. The number of aryl methyl sites for hydroxylation is 1. The van der Waals surface area contributed by atoms with Gasteiger partial charge in [0.2, 0.25) is 5.91 Å². The van der Waals surface area contributed by atoms with Crippen LogP contribution < -0.4 is 0 Å². The monoisotopic (exact) mass is 350 g/mol. The van der Waals surface area contributed by atoms with Gasteiger partial charge in [0, 0.05) is 37.7 Å². The van der Waals surface area contributed by atoms with Crippen LogP contribution in [0.25, 0.3) is 0 Å². The highest BCUT2D eigenvalue weighted by Crippen LogP contribution is 2.40. The molecule has 1 spiro atoms. The maximum atomic E-state index is 13.2. The molecular weight excluding hydrogens is 324 g/mol. The highest BCUT2D eigenvalue weighted by Gasteiger charge is 2.48. The van der Waals surface area contributed by atoms with E-state index in [0.29, 0.717) is 12.5 Å². The zero-order chi connectivity index (χ0) is 18.0. The van der Waals surface area contributed by atoms with Crippen molar-refractivity contribution in [3.8, 4) is 0 Å². The Morgan fingerprint density at radius 2 is 2.04 bits per heavy atom. The molecule has 2 aliphatic heterocycles. The van der Waals surface area contributed by atoms with Crippen LogP contribution in [0.5, 0.6) is 0 Å². The molecule has 26 heavy (non-hydrogen) atoms. The summed E-state index contributed by atoms with van der Waals surface area (Å²) in [5.74, 6) is 0.316. The standard InChI is InChI=1S/C21H26N4O/c1-17-5-2-7-19(23-17)15-25-12-9-21(20(25)26)8-4-11-24(16-21)14-18-6-3-10-22-13-18/h2-3,5-7,10,13H,4,8-9,11-12,14-16H2,1H3. The van der Waals surface area contributed by atoms with Crippen LogP contribution in [0.3, 0.4) is 0 Å². The van der Waals surface area contributed by atoms with Crippen LogP contribution in [-0.4, -0.2) is 45.3 Å². The lowest BCUT2D eigenvalue weighted by Crippen LogP contribution is -2.47. The van der Waals surface area contributed by atoms with Gasteiger partial charge in [-0.05, 0) is 56.5 Å². The fraction of sp³-hybridized carbons (Fsp3) is 0.476. The Kier molecular flexibility index (Phi) is 4.72. The Hall–Kier alpha value is -2.27. The first-order valence-corrected chi connectivity index (χ1v) is 9.48. The molecule has 2 fully saturated rings. The molecule has 2 aromatic heterocycles. The minimum Gasteiger partial charge on any atom is -0.336 e. The Morgan fingerprint density at radius 3 is 2.85 bits per heavy atom. The average molecular weight is 350 g/mol. The first-order valence-electron chi connectivity index (χ1n) is 9.48. The van der Waals surface area contributed by atoms with Crippen molar-refractivity contribution in [1.29, 1.82) is 0 Å². The zero-order valence-electron chi connectivity index (χ0n) is 15.4. The number of amides is 1. The summed E-state index contributed by atoms with van der Waals surface area (Å²) >= 11 is 0. The zero-order valence-corrected chi connectivity index (χ0v) is 15.4. The molecule has 0 saturated carbocycles. The number of pyridine rings is 2. The Labute approximate surface area is 155 Å². The van der Waals surface area contributed by atoms with Crippen LogP contribution in [0, 0.1) is 12.3 Å². The van der Waals surface area contributed by atoms with E-state index in [0.717, 1.165) is 56.8 Å². The lowest BCUT2D eigenvalue weighted by atomic mass is 9.78. The predicted octanol–water partition coefficient (Wildman–Crippen LogP) is 2.80. The van der Waals surface area contributed by atoms with Gasteiger partial charge in [0.05, 0.1) is 17.7 Å². The molecule has 1 amide bonds. The summed E-state index contributed by atoms with van der Waals surface area (Å²) in [7, 11) is 0. The fourth-order valence-electron chi connectivity index (χ4n) is 4.42. The number of carbonyl (C=O) groups excluding carboxylic acids is 1. The summed E-state index contributed by atoms with van der Waals surface area (Å²) in [6, 6.07) is 10.1. The van der Waals surface area contributed by atoms with E-state index in [9.17, 15) is 4.79 Å². The van der Waals surface area contributed by atoms with E-state index in [1.54, 1.807) is 6.20 Å². The molecule has 2 saturated heterocycles. The van der Waals surface area contributed by atoms with Gasteiger partial charge in [0.25, 0.3) is 0 Å². The van der Waals surface area contributed by atoms with Crippen LogP contribution in [-0.2, 0) is 17.9 Å². The number of nitrogens with zero attached hydrogens (tertiary/aromatic N) is 4. The maximum absolute atomic E-state index is 13.2. The maximum Gasteiger partial charge on any atom is 0.230 e. The van der Waals surface area contributed by atoms with E-state index >= 15 is 0 Å². The van der Waals surface area contributed by atoms with E-state index in [1.165, 1.54) is 5.56 Å². The molecule has 0 aliphatic carbocycles. The fourth-order valence-corrected chi connectivity index (χ4v) is 4.42. The molecule has 0 aromatic carbocycles. The van der Waals surface area contributed by atoms with Gasteiger partial charge in [-0.1, -0.05) is 12.1 Å². The molecule has 2 aromatic rings. The minimum absolute atomic E-state index is 0.204. The summed E-state index contributed by atoms with van der Waals surface area (Å²) in [5.41, 5.74) is 3.00. The van der Waals surface area contributed by atoms with E-state index in [2.05, 4.69) is 20.9 Å². The summed E-state index contributed by atoms with van der Waals surface area (Å²) in [6.07, 6.45) is 6.78. The average Bonchev–Trinajstić information content (AvgIpc) is 2.92. The third-order valence-electron chi connectivity index (χ3n) is 5.68. The van der Waals surface area contributed by atoms with Gasteiger partial charge >= 0.3 is 0 Å². The molecule has 1 unspecified atom stereocenters. The number of carbonyl (C=O) groups is 1. The van der Waals surface area contributed by atoms with Crippen LogP contribution in [0.15, 0.2) is 42.7 Å². The predicted molar refractivity (Wildman–Crippen MR) is 100 cm³/mol. The number of hydrogen-bond donors (Lipinski definition) is 0. The first kappa shape index (κ1) is 17.2. The summed E-state index contributed by atoms with van der Waals surface area (Å²) in [5, 5.41) is 0. The molecule has 4 heterocycles. The molecule has 0 bridgehead atoms. The summed E-state index contributed by atoms with van der Waals surface area (Å²) in [6.45, 7) is 6.26. The molecule has 4 rings (SSSR count). The number of hydrogen-bond acceptors (Lipinski definition) is 4. The highest BCUT2D eigenvalue weighted by atomic mass is 16.2. The highest BCUT2D eigenvalue weighted by molar-refractivity contribution is 5.85. The van der Waals surface area contributed by atoms with Crippen LogP contribution in [0.2, 0.25) is 0 Å². The smallest absolute Gasteiger partial charge is 0.230 e. The van der Waals surface area contributed by atoms with E-state index < -0.39 is 0 Å². The van der Waals surface area contributed by atoms with Crippen molar-refractivity contribution >= 4 is 5.91 Å². The second-order valence-electron chi connectivity index (χ2n) is 7.70. The third kappa shape index (κ3) is 3.49. The molecule has 0 radical (unpaired) electrons. The van der Waals surface area contributed by atoms with E-state index in [1.807, 2.05) is 42.3 Å². The van der Waals surface area contributed by atoms with Crippen molar-refractivity contribution in [2.24, 2.45) is 5.41 Å². The SMILES string of the molecule is Cc1cccc(CN2CCC3(CCCN(Cc4cccnc4)C3)C2=O)n1. The molecule has 2 aliphatic rings. The van der Waals surface area contributed by atoms with Gasteiger partial charge in [0.1, 0.15) is 0 Å². The summed E-state index contributed by atoms with van der Waals surface area (Å²) < 4.78 is 0. The van der Waals surface area contributed by atoms with Crippen LogP contribution in [0.1, 0.15) is 36.2 Å². The van der Waals surface area contributed by atoms with Gasteiger partial charge in [-0.2, -0.15) is 0 Å².